The predicted octanol–water partition coefficient (Wildman–Crippen LogP) is 2.54. The number of carbonyl (C=O) groups is 1. The summed E-state index contributed by atoms with van der Waals surface area (Å²) in [5, 5.41) is 8.45. The van der Waals surface area contributed by atoms with E-state index in [0.29, 0.717) is 18.9 Å². The van der Waals surface area contributed by atoms with Crippen molar-refractivity contribution < 1.29 is 27.1 Å². The van der Waals surface area contributed by atoms with Crippen molar-refractivity contribution in [2.24, 2.45) is 0 Å². The number of hydrogen-bond donors (Lipinski definition) is 2. The second-order valence-corrected chi connectivity index (χ2v) is 6.38. The molecule has 118 valence electrons. The minimum Gasteiger partial charge on any atom is -0.480 e. The molecular weight excluding hydrogens is 328 g/mol. The zero-order valence-electron chi connectivity index (χ0n) is 11.1. The summed E-state index contributed by atoms with van der Waals surface area (Å²) in [5.41, 5.74) is 0. The normalized spacial score (nSPS) is 13.1. The molecule has 0 saturated heterocycles. The van der Waals surface area contributed by atoms with E-state index in [4.69, 9.17) is 16.7 Å². The van der Waals surface area contributed by atoms with E-state index in [1.165, 1.54) is 0 Å². The molecule has 0 radical (unpaired) electrons. The molecule has 1 rings (SSSR count). The number of benzene rings is 1. The molecule has 0 aromatic heterocycles. The van der Waals surface area contributed by atoms with E-state index in [2.05, 4.69) is 0 Å². The van der Waals surface area contributed by atoms with Gasteiger partial charge in [0.05, 0.1) is 5.02 Å². The van der Waals surface area contributed by atoms with Gasteiger partial charge in [0.15, 0.2) is 11.6 Å². The Morgan fingerprint density at radius 1 is 1.43 bits per heavy atom. The van der Waals surface area contributed by atoms with Gasteiger partial charge < -0.3 is 5.11 Å². The number of nitrogens with one attached hydrogen (secondary N) is 1. The third kappa shape index (κ3) is 4.36. The van der Waals surface area contributed by atoms with Crippen molar-refractivity contribution in [3.05, 3.63) is 28.8 Å². The van der Waals surface area contributed by atoms with E-state index < -0.39 is 43.6 Å². The molecule has 1 unspecified atom stereocenters. The van der Waals surface area contributed by atoms with Gasteiger partial charge in [0.25, 0.3) is 0 Å². The van der Waals surface area contributed by atoms with Crippen molar-refractivity contribution in [2.45, 2.75) is 37.1 Å². The molecule has 9 heteroatoms. The summed E-state index contributed by atoms with van der Waals surface area (Å²) in [4.78, 5) is 9.93. The van der Waals surface area contributed by atoms with Gasteiger partial charge in [-0.15, -0.1) is 0 Å². The van der Waals surface area contributed by atoms with Gasteiger partial charge in [0.2, 0.25) is 10.0 Å². The second kappa shape index (κ2) is 7.15. The highest BCUT2D eigenvalue weighted by Gasteiger charge is 2.30. The lowest BCUT2D eigenvalue weighted by molar-refractivity contribution is -0.139. The van der Waals surface area contributed by atoms with Crippen LogP contribution in [0.1, 0.15) is 26.2 Å². The van der Waals surface area contributed by atoms with E-state index in [1.54, 1.807) is 6.92 Å². The van der Waals surface area contributed by atoms with Gasteiger partial charge in [-0.25, -0.2) is 17.2 Å². The summed E-state index contributed by atoms with van der Waals surface area (Å²) in [6, 6.07) is 0.132. The van der Waals surface area contributed by atoms with Crippen LogP contribution in [0.2, 0.25) is 5.02 Å². The topological polar surface area (TPSA) is 83.5 Å². The van der Waals surface area contributed by atoms with E-state index in [9.17, 15) is 22.0 Å². The Morgan fingerprint density at radius 3 is 2.57 bits per heavy atom. The number of unbranched alkanes of at least 4 members (excludes halogenated alkanes) is 1. The first-order valence-electron chi connectivity index (χ1n) is 6.09. The van der Waals surface area contributed by atoms with E-state index in [1.807, 2.05) is 4.72 Å². The smallest absolute Gasteiger partial charge is 0.321 e. The minimum atomic E-state index is -4.60. The maximum Gasteiger partial charge on any atom is 0.321 e. The first-order chi connectivity index (χ1) is 9.70. The molecule has 0 aliphatic rings. The van der Waals surface area contributed by atoms with Crippen LogP contribution in [0.25, 0.3) is 0 Å². The van der Waals surface area contributed by atoms with Crippen LogP contribution >= 0.6 is 11.6 Å². The van der Waals surface area contributed by atoms with Gasteiger partial charge in [-0.05, 0) is 18.6 Å². The number of carboxylic acids is 1. The largest absolute Gasteiger partial charge is 0.480 e. The Morgan fingerprint density at radius 2 is 2.05 bits per heavy atom. The van der Waals surface area contributed by atoms with Crippen LogP contribution in [0.3, 0.4) is 0 Å². The fourth-order valence-electron chi connectivity index (χ4n) is 1.64. The molecule has 0 aliphatic heterocycles. The first kappa shape index (κ1) is 17.8. The van der Waals surface area contributed by atoms with Gasteiger partial charge in [-0.3, -0.25) is 4.79 Å². The SMILES string of the molecule is CCCCC(NS(=O)(=O)c1c(Cl)ccc(F)c1F)C(=O)O. The van der Waals surface area contributed by atoms with Crippen molar-refractivity contribution in [3.8, 4) is 0 Å². The van der Waals surface area contributed by atoms with Crippen molar-refractivity contribution >= 4 is 27.6 Å². The van der Waals surface area contributed by atoms with Crippen LogP contribution in [0.5, 0.6) is 0 Å². The Balaban J connectivity index is 3.17. The monoisotopic (exact) mass is 341 g/mol. The lowest BCUT2D eigenvalue weighted by Crippen LogP contribution is -2.41. The zero-order chi connectivity index (χ0) is 16.2. The summed E-state index contributed by atoms with van der Waals surface area (Å²) in [6.45, 7) is 1.80. The molecule has 1 aromatic rings. The van der Waals surface area contributed by atoms with Crippen LogP contribution in [-0.2, 0) is 14.8 Å². The van der Waals surface area contributed by atoms with Crippen LogP contribution in [0.4, 0.5) is 8.78 Å². The highest BCUT2D eigenvalue weighted by molar-refractivity contribution is 7.89. The molecule has 21 heavy (non-hydrogen) atoms. The number of aliphatic carboxylic acids is 1. The molecule has 2 N–H and O–H groups in total. The molecular formula is C12H14ClF2NO4S. The van der Waals surface area contributed by atoms with Gasteiger partial charge >= 0.3 is 5.97 Å². The average Bonchev–Trinajstić information content (AvgIpc) is 2.38. The first-order valence-corrected chi connectivity index (χ1v) is 7.95. The van der Waals surface area contributed by atoms with Gasteiger partial charge in [-0.1, -0.05) is 31.4 Å². The molecule has 0 fully saturated rings. The van der Waals surface area contributed by atoms with E-state index in [-0.39, 0.29) is 6.42 Å². The van der Waals surface area contributed by atoms with Crippen LogP contribution in [0, 0.1) is 11.6 Å². The molecule has 5 nitrogen and oxygen atoms in total. The molecule has 0 spiro atoms. The molecule has 0 heterocycles. The summed E-state index contributed by atoms with van der Waals surface area (Å²) in [7, 11) is -4.60. The fourth-order valence-corrected chi connectivity index (χ4v) is 3.46. The van der Waals surface area contributed by atoms with Gasteiger partial charge in [0, 0.05) is 0 Å². The summed E-state index contributed by atoms with van der Waals surface area (Å²) < 4.78 is 52.7. The minimum absolute atomic E-state index is 0.0274. The quantitative estimate of drug-likeness (QED) is 0.746. The highest BCUT2D eigenvalue weighted by Crippen LogP contribution is 2.26. The van der Waals surface area contributed by atoms with Crippen LogP contribution in [-0.4, -0.2) is 25.5 Å². The van der Waals surface area contributed by atoms with Gasteiger partial charge in [-0.2, -0.15) is 4.72 Å². The number of halogens is 3. The number of hydrogen-bond acceptors (Lipinski definition) is 3. The standard InChI is InChI=1S/C12H14ClF2NO4S/c1-2-3-4-9(12(17)18)16-21(19,20)11-7(13)5-6-8(14)10(11)15/h5-6,9,16H,2-4H2,1H3,(H,17,18). The molecule has 0 bridgehead atoms. The molecule has 1 aromatic carbocycles. The second-order valence-electron chi connectivity index (χ2n) is 4.33. The number of rotatable bonds is 7. The van der Waals surface area contributed by atoms with Crippen molar-refractivity contribution in [1.82, 2.24) is 4.72 Å². The zero-order valence-corrected chi connectivity index (χ0v) is 12.6. The third-order valence-corrected chi connectivity index (χ3v) is 4.67. The fraction of sp³-hybridized carbons (Fsp3) is 0.417. The van der Waals surface area contributed by atoms with Crippen molar-refractivity contribution in [3.63, 3.8) is 0 Å². The Labute approximate surface area is 126 Å². The van der Waals surface area contributed by atoms with Gasteiger partial charge in [0.1, 0.15) is 10.9 Å². The Hall–Kier alpha value is -1.25. The highest BCUT2D eigenvalue weighted by atomic mass is 35.5. The Bertz CT molecular complexity index is 636. The summed E-state index contributed by atoms with van der Waals surface area (Å²) >= 11 is 5.58. The molecule has 0 saturated carbocycles. The van der Waals surface area contributed by atoms with Crippen molar-refractivity contribution in [1.29, 1.82) is 0 Å². The third-order valence-electron chi connectivity index (χ3n) is 2.71. The molecule has 1 atom stereocenters. The van der Waals surface area contributed by atoms with Crippen molar-refractivity contribution in [2.75, 3.05) is 0 Å². The maximum atomic E-state index is 13.6. The predicted molar refractivity (Wildman–Crippen MR) is 72.6 cm³/mol. The van der Waals surface area contributed by atoms with Crippen LogP contribution in [0.15, 0.2) is 17.0 Å². The lowest BCUT2D eigenvalue weighted by Gasteiger charge is -2.15. The Kier molecular flexibility index (Phi) is 6.06. The van der Waals surface area contributed by atoms with Crippen LogP contribution < -0.4 is 4.72 Å². The average molecular weight is 342 g/mol. The summed E-state index contributed by atoms with van der Waals surface area (Å²) in [6.07, 6.45) is 1.14. The maximum absolute atomic E-state index is 13.6. The lowest BCUT2D eigenvalue weighted by atomic mass is 10.1. The summed E-state index contributed by atoms with van der Waals surface area (Å²) in [5.74, 6) is -4.44. The van der Waals surface area contributed by atoms with E-state index >= 15 is 0 Å². The number of sulfonamides is 1. The number of carboxylic acid groups (broad SMARTS) is 1. The van der Waals surface area contributed by atoms with E-state index in [0.717, 1.165) is 6.07 Å². The molecule has 0 aliphatic carbocycles. The molecule has 0 amide bonds.